The zero-order chi connectivity index (χ0) is 14.8. The molecule has 2 rings (SSSR count). The fraction of sp³-hybridized carbons (Fsp3) is 0.667. The van der Waals surface area contributed by atoms with E-state index in [9.17, 15) is 18.3 Å². The Labute approximate surface area is 119 Å². The highest BCUT2D eigenvalue weighted by molar-refractivity contribution is 6.29. The van der Waals surface area contributed by atoms with E-state index in [1.54, 1.807) is 0 Å². The number of alkyl halides is 3. The van der Waals surface area contributed by atoms with Crippen molar-refractivity contribution in [3.05, 3.63) is 17.0 Å². The number of rotatable bonds is 3. The molecule has 0 aromatic carbocycles. The van der Waals surface area contributed by atoms with Gasteiger partial charge in [-0.15, -0.1) is 0 Å². The van der Waals surface area contributed by atoms with E-state index in [1.165, 1.54) is 6.07 Å². The number of anilines is 1. The third kappa shape index (κ3) is 4.21. The number of nitrogens with one attached hydrogen (secondary N) is 1. The highest BCUT2D eigenvalue weighted by Crippen LogP contribution is 2.29. The van der Waals surface area contributed by atoms with Crippen molar-refractivity contribution in [3.8, 4) is 0 Å². The largest absolute Gasteiger partial charge is 0.451 e. The van der Waals surface area contributed by atoms with Gasteiger partial charge in [0, 0.05) is 12.6 Å². The maximum absolute atomic E-state index is 12.5. The van der Waals surface area contributed by atoms with Crippen LogP contribution >= 0.6 is 11.6 Å². The molecule has 0 bridgehead atoms. The van der Waals surface area contributed by atoms with Crippen LogP contribution in [0.3, 0.4) is 0 Å². The van der Waals surface area contributed by atoms with Gasteiger partial charge in [-0.1, -0.05) is 18.0 Å². The standard InChI is InChI=1S/C12H15ClF3N3O/c13-9-5-10(19-11(18-9)12(14,15)16)17-6-7-2-1-3-8(20)4-7/h5,7-8,20H,1-4,6H2,(H,17,18,19). The zero-order valence-corrected chi connectivity index (χ0v) is 11.4. The van der Waals surface area contributed by atoms with Crippen LogP contribution < -0.4 is 5.32 Å². The summed E-state index contributed by atoms with van der Waals surface area (Å²) in [6.07, 6.45) is -1.65. The lowest BCUT2D eigenvalue weighted by Crippen LogP contribution is -2.25. The normalized spacial score (nSPS) is 23.6. The minimum Gasteiger partial charge on any atom is -0.393 e. The van der Waals surface area contributed by atoms with Crippen molar-refractivity contribution in [2.24, 2.45) is 5.92 Å². The molecule has 2 N–H and O–H groups in total. The molecular formula is C12H15ClF3N3O. The molecule has 1 aromatic heterocycles. The average molecular weight is 310 g/mol. The van der Waals surface area contributed by atoms with E-state index in [2.05, 4.69) is 15.3 Å². The molecule has 2 unspecified atom stereocenters. The van der Waals surface area contributed by atoms with Crippen LogP contribution in [0.5, 0.6) is 0 Å². The van der Waals surface area contributed by atoms with Crippen LogP contribution in [-0.4, -0.2) is 27.7 Å². The second-order valence-corrected chi connectivity index (χ2v) is 5.35. The first-order chi connectivity index (χ1) is 9.34. The van der Waals surface area contributed by atoms with Gasteiger partial charge in [0.05, 0.1) is 6.10 Å². The molecular weight excluding hydrogens is 295 g/mol. The van der Waals surface area contributed by atoms with E-state index in [0.29, 0.717) is 13.0 Å². The maximum atomic E-state index is 12.5. The summed E-state index contributed by atoms with van der Waals surface area (Å²) in [4.78, 5) is 6.58. The van der Waals surface area contributed by atoms with Crippen LogP contribution in [0.2, 0.25) is 5.15 Å². The number of aromatic nitrogens is 2. The summed E-state index contributed by atoms with van der Waals surface area (Å²) in [6, 6.07) is 1.26. The zero-order valence-electron chi connectivity index (χ0n) is 10.6. The van der Waals surface area contributed by atoms with E-state index >= 15 is 0 Å². The number of nitrogens with zero attached hydrogens (tertiary/aromatic N) is 2. The van der Waals surface area contributed by atoms with Crippen molar-refractivity contribution in [1.29, 1.82) is 0 Å². The lowest BCUT2D eigenvalue weighted by atomic mass is 9.87. The molecule has 4 nitrogen and oxygen atoms in total. The molecule has 1 fully saturated rings. The van der Waals surface area contributed by atoms with Gasteiger partial charge in [0.25, 0.3) is 0 Å². The first kappa shape index (κ1) is 15.3. The Bertz CT molecular complexity index is 470. The first-order valence-corrected chi connectivity index (χ1v) is 6.76. The van der Waals surface area contributed by atoms with Gasteiger partial charge in [-0.3, -0.25) is 0 Å². The Morgan fingerprint density at radius 1 is 1.35 bits per heavy atom. The molecule has 0 spiro atoms. The quantitative estimate of drug-likeness (QED) is 0.842. The van der Waals surface area contributed by atoms with Gasteiger partial charge in [-0.2, -0.15) is 13.2 Å². The minimum atomic E-state index is -4.62. The summed E-state index contributed by atoms with van der Waals surface area (Å²) in [5.74, 6) is -0.976. The molecule has 0 saturated heterocycles. The summed E-state index contributed by atoms with van der Waals surface area (Å²) in [5.41, 5.74) is 0. The molecule has 112 valence electrons. The average Bonchev–Trinajstić information content (AvgIpc) is 2.35. The highest BCUT2D eigenvalue weighted by atomic mass is 35.5. The summed E-state index contributed by atoms with van der Waals surface area (Å²) < 4.78 is 37.6. The molecule has 8 heteroatoms. The molecule has 1 heterocycles. The highest BCUT2D eigenvalue weighted by Gasteiger charge is 2.35. The van der Waals surface area contributed by atoms with Crippen LogP contribution in [0, 0.1) is 5.92 Å². The molecule has 1 aromatic rings. The van der Waals surface area contributed by atoms with Crippen molar-refractivity contribution in [3.63, 3.8) is 0 Å². The van der Waals surface area contributed by atoms with E-state index in [0.717, 1.165) is 19.3 Å². The van der Waals surface area contributed by atoms with Crippen LogP contribution in [0.25, 0.3) is 0 Å². The summed E-state index contributed by atoms with van der Waals surface area (Å²) in [7, 11) is 0. The maximum Gasteiger partial charge on any atom is 0.451 e. The van der Waals surface area contributed by atoms with E-state index in [4.69, 9.17) is 11.6 Å². The Balaban J connectivity index is 2.00. The third-order valence-electron chi connectivity index (χ3n) is 3.28. The Hall–Kier alpha value is -1.08. The SMILES string of the molecule is OC1CCCC(CNc2cc(Cl)nc(C(F)(F)F)n2)C1. The summed E-state index contributed by atoms with van der Waals surface area (Å²) in [5, 5.41) is 12.1. The van der Waals surface area contributed by atoms with Gasteiger partial charge >= 0.3 is 6.18 Å². The van der Waals surface area contributed by atoms with E-state index in [1.807, 2.05) is 0 Å². The number of hydrogen-bond donors (Lipinski definition) is 2. The van der Waals surface area contributed by atoms with Gasteiger partial charge in [0.1, 0.15) is 11.0 Å². The minimum absolute atomic E-state index is 0.0531. The van der Waals surface area contributed by atoms with E-state index < -0.39 is 12.0 Å². The lowest BCUT2D eigenvalue weighted by Gasteiger charge is -2.26. The first-order valence-electron chi connectivity index (χ1n) is 6.38. The van der Waals surface area contributed by atoms with Crippen LogP contribution in [-0.2, 0) is 6.18 Å². The topological polar surface area (TPSA) is 58.0 Å². The molecule has 0 amide bonds. The molecule has 1 saturated carbocycles. The van der Waals surface area contributed by atoms with Gasteiger partial charge in [0.2, 0.25) is 5.82 Å². The third-order valence-corrected chi connectivity index (χ3v) is 3.47. The van der Waals surface area contributed by atoms with Crippen molar-refractivity contribution in [1.82, 2.24) is 9.97 Å². The van der Waals surface area contributed by atoms with Gasteiger partial charge in [-0.05, 0) is 25.2 Å². The fourth-order valence-corrected chi connectivity index (χ4v) is 2.52. The fourth-order valence-electron chi connectivity index (χ4n) is 2.33. The van der Waals surface area contributed by atoms with Crippen LogP contribution in [0.15, 0.2) is 6.07 Å². The predicted molar refractivity (Wildman–Crippen MR) is 68.5 cm³/mol. The Kier molecular flexibility index (Phi) is 4.70. The Morgan fingerprint density at radius 2 is 2.10 bits per heavy atom. The summed E-state index contributed by atoms with van der Waals surface area (Å²) in [6.45, 7) is 0.460. The van der Waals surface area contributed by atoms with Gasteiger partial charge in [-0.25, -0.2) is 9.97 Å². The van der Waals surface area contributed by atoms with Gasteiger partial charge in [0.15, 0.2) is 0 Å². The van der Waals surface area contributed by atoms with Crippen molar-refractivity contribution in [2.75, 3.05) is 11.9 Å². The van der Waals surface area contributed by atoms with Crippen molar-refractivity contribution in [2.45, 2.75) is 38.0 Å². The second-order valence-electron chi connectivity index (χ2n) is 4.96. The second kappa shape index (κ2) is 6.13. The summed E-state index contributed by atoms with van der Waals surface area (Å²) >= 11 is 5.57. The molecule has 20 heavy (non-hydrogen) atoms. The van der Waals surface area contributed by atoms with Crippen LogP contribution in [0.4, 0.5) is 19.0 Å². The molecule has 0 aliphatic heterocycles. The van der Waals surface area contributed by atoms with E-state index in [-0.39, 0.29) is 23.0 Å². The lowest BCUT2D eigenvalue weighted by molar-refractivity contribution is -0.144. The molecule has 1 aliphatic rings. The van der Waals surface area contributed by atoms with Gasteiger partial charge < -0.3 is 10.4 Å². The molecule has 0 radical (unpaired) electrons. The molecule has 1 aliphatic carbocycles. The monoisotopic (exact) mass is 309 g/mol. The number of halogens is 4. The number of hydrogen-bond acceptors (Lipinski definition) is 4. The van der Waals surface area contributed by atoms with Crippen molar-refractivity contribution >= 4 is 17.4 Å². The smallest absolute Gasteiger partial charge is 0.393 e. The number of aliphatic hydroxyl groups is 1. The molecule has 2 atom stereocenters. The number of aliphatic hydroxyl groups excluding tert-OH is 1. The predicted octanol–water partition coefficient (Wildman–Crippen LogP) is 3.11. The van der Waals surface area contributed by atoms with Crippen molar-refractivity contribution < 1.29 is 18.3 Å². The van der Waals surface area contributed by atoms with Crippen LogP contribution in [0.1, 0.15) is 31.5 Å². The Morgan fingerprint density at radius 3 is 2.75 bits per heavy atom.